The van der Waals surface area contributed by atoms with E-state index in [1.165, 1.54) is 36.1 Å². The van der Waals surface area contributed by atoms with Crippen molar-refractivity contribution in [3.8, 4) is 5.75 Å². The molecule has 2 atom stereocenters. The highest BCUT2D eigenvalue weighted by Gasteiger charge is 2.35. The first-order valence-corrected chi connectivity index (χ1v) is 7.45. The van der Waals surface area contributed by atoms with Crippen molar-refractivity contribution in [3.05, 3.63) is 65.2 Å². The molecule has 2 aromatic rings. The maximum atomic E-state index is 9.49. The van der Waals surface area contributed by atoms with E-state index in [0.29, 0.717) is 17.7 Å². The average molecular weight is 346 g/mol. The van der Waals surface area contributed by atoms with E-state index < -0.39 is 0 Å². The number of nitrogens with zero attached hydrogens (tertiary/aromatic N) is 1. The highest BCUT2D eigenvalue weighted by Crippen LogP contribution is 2.44. The third-order valence-electron chi connectivity index (χ3n) is 4.81. The molecule has 0 amide bonds. The van der Waals surface area contributed by atoms with E-state index in [-0.39, 0.29) is 17.0 Å². The van der Waals surface area contributed by atoms with Gasteiger partial charge < -0.3 is 5.11 Å². The minimum absolute atomic E-state index is 0. The number of phenolic OH excluding ortho intramolecular Hbond substituents is 1. The highest BCUT2D eigenvalue weighted by atomic mass is 79.9. The predicted molar refractivity (Wildman–Crippen MR) is 90.3 cm³/mol. The molecule has 110 valence electrons. The van der Waals surface area contributed by atoms with Gasteiger partial charge in [0.2, 0.25) is 0 Å². The fourth-order valence-corrected chi connectivity index (χ4v) is 3.85. The molecular formula is C18H20BrNO. The van der Waals surface area contributed by atoms with Crippen LogP contribution in [0.1, 0.15) is 41.5 Å². The summed E-state index contributed by atoms with van der Waals surface area (Å²) in [6, 6.07) is 17.2. The van der Waals surface area contributed by atoms with Crippen molar-refractivity contribution in [1.82, 2.24) is 4.90 Å². The molecule has 2 nitrogen and oxygen atoms in total. The molecule has 2 heterocycles. The summed E-state index contributed by atoms with van der Waals surface area (Å²) in [6.45, 7) is 2.32. The van der Waals surface area contributed by atoms with Gasteiger partial charge in [-0.3, -0.25) is 4.90 Å². The number of halogens is 1. The van der Waals surface area contributed by atoms with Crippen LogP contribution < -0.4 is 0 Å². The molecule has 21 heavy (non-hydrogen) atoms. The summed E-state index contributed by atoms with van der Waals surface area (Å²) < 4.78 is 0. The summed E-state index contributed by atoms with van der Waals surface area (Å²) in [5.41, 5.74) is 4.29. The van der Waals surface area contributed by atoms with Gasteiger partial charge in [-0.25, -0.2) is 0 Å². The van der Waals surface area contributed by atoms with Crippen LogP contribution in [-0.4, -0.2) is 23.1 Å². The fourth-order valence-electron chi connectivity index (χ4n) is 3.85. The lowest BCUT2D eigenvalue weighted by atomic mass is 9.82. The summed E-state index contributed by atoms with van der Waals surface area (Å²) in [7, 11) is 0. The van der Waals surface area contributed by atoms with E-state index in [2.05, 4.69) is 41.3 Å². The minimum atomic E-state index is 0. The Kier molecular flexibility index (Phi) is 4.05. The van der Waals surface area contributed by atoms with Crippen molar-refractivity contribution in [2.45, 2.75) is 24.8 Å². The Bertz CT molecular complexity index is 625. The molecule has 2 aromatic carbocycles. The van der Waals surface area contributed by atoms with Gasteiger partial charge in [0.05, 0.1) is 0 Å². The van der Waals surface area contributed by atoms with Gasteiger partial charge in [0, 0.05) is 18.5 Å². The van der Waals surface area contributed by atoms with Gasteiger partial charge >= 0.3 is 0 Å². The molecule has 4 rings (SSSR count). The number of benzene rings is 2. The van der Waals surface area contributed by atoms with E-state index in [1.54, 1.807) is 12.1 Å². The molecule has 3 heteroatoms. The maximum absolute atomic E-state index is 9.49. The van der Waals surface area contributed by atoms with Crippen molar-refractivity contribution in [2.75, 3.05) is 13.1 Å². The Morgan fingerprint density at radius 1 is 0.952 bits per heavy atom. The van der Waals surface area contributed by atoms with Gasteiger partial charge in [-0.2, -0.15) is 0 Å². The van der Waals surface area contributed by atoms with Gasteiger partial charge in [0.15, 0.2) is 0 Å². The summed E-state index contributed by atoms with van der Waals surface area (Å²) in [5.74, 6) is 0.776. The largest absolute Gasteiger partial charge is 0.508 e. The summed E-state index contributed by atoms with van der Waals surface area (Å²) in [6.07, 6.45) is 2.60. The smallest absolute Gasteiger partial charge is 0.115 e. The normalized spacial score (nSPS) is 24.0. The molecule has 1 saturated heterocycles. The van der Waals surface area contributed by atoms with Gasteiger partial charge in [0.25, 0.3) is 0 Å². The van der Waals surface area contributed by atoms with Crippen LogP contribution in [0.25, 0.3) is 0 Å². The number of hydrogen-bond acceptors (Lipinski definition) is 2. The van der Waals surface area contributed by atoms with Gasteiger partial charge in [0.1, 0.15) is 5.75 Å². The Morgan fingerprint density at radius 2 is 1.67 bits per heavy atom. The number of aromatic hydroxyl groups is 1. The number of phenols is 1. The molecule has 2 aliphatic rings. The van der Waals surface area contributed by atoms with Crippen LogP contribution in [0.2, 0.25) is 0 Å². The van der Waals surface area contributed by atoms with Gasteiger partial charge in [-0.1, -0.05) is 36.4 Å². The minimum Gasteiger partial charge on any atom is -0.508 e. The van der Waals surface area contributed by atoms with Crippen LogP contribution in [0.5, 0.6) is 5.75 Å². The number of hydrogen-bond donors (Lipinski definition) is 1. The standard InChI is InChI=1S/C18H19NO.BrH/c20-14-9-7-13(8-10-14)17-12-19-11-3-6-18(19)16-5-2-1-4-15(16)17;/h1-2,4-5,7-10,17-18,20H,3,6,11-12H2;1H/t17-,18-;/m0./s1. The molecule has 0 unspecified atom stereocenters. The van der Waals surface area contributed by atoms with E-state index in [1.807, 2.05) is 0 Å². The van der Waals surface area contributed by atoms with Crippen LogP contribution in [0, 0.1) is 0 Å². The lowest BCUT2D eigenvalue weighted by Gasteiger charge is -2.37. The average Bonchev–Trinajstić information content (AvgIpc) is 2.96. The molecule has 0 radical (unpaired) electrons. The van der Waals surface area contributed by atoms with Crippen molar-refractivity contribution in [2.24, 2.45) is 0 Å². The highest BCUT2D eigenvalue weighted by molar-refractivity contribution is 8.93. The zero-order chi connectivity index (χ0) is 13.5. The molecule has 0 aliphatic carbocycles. The number of rotatable bonds is 1. The summed E-state index contributed by atoms with van der Waals surface area (Å²) in [4.78, 5) is 2.62. The predicted octanol–water partition coefficient (Wildman–Crippen LogP) is 4.25. The van der Waals surface area contributed by atoms with Crippen LogP contribution >= 0.6 is 17.0 Å². The van der Waals surface area contributed by atoms with Gasteiger partial charge in [-0.15, -0.1) is 17.0 Å². The lowest BCUT2D eigenvalue weighted by molar-refractivity contribution is 0.230. The second kappa shape index (κ2) is 5.82. The molecule has 2 aliphatic heterocycles. The molecule has 0 spiro atoms. The molecule has 0 aromatic heterocycles. The Hall–Kier alpha value is -1.32. The third kappa shape index (κ3) is 2.49. The van der Waals surface area contributed by atoms with Crippen LogP contribution in [-0.2, 0) is 0 Å². The Balaban J connectivity index is 0.00000132. The Morgan fingerprint density at radius 3 is 2.43 bits per heavy atom. The molecular weight excluding hydrogens is 326 g/mol. The van der Waals surface area contributed by atoms with E-state index in [4.69, 9.17) is 0 Å². The van der Waals surface area contributed by atoms with E-state index in [0.717, 1.165) is 6.54 Å². The van der Waals surface area contributed by atoms with Crippen LogP contribution in [0.4, 0.5) is 0 Å². The topological polar surface area (TPSA) is 23.5 Å². The lowest BCUT2D eigenvalue weighted by Crippen LogP contribution is -2.34. The summed E-state index contributed by atoms with van der Waals surface area (Å²) in [5, 5.41) is 9.49. The molecule has 0 bridgehead atoms. The fraction of sp³-hybridized carbons (Fsp3) is 0.333. The SMILES string of the molecule is Br.Oc1ccc([C@@H]2CN3CCC[C@H]3c3ccccc32)cc1. The van der Waals surface area contributed by atoms with E-state index >= 15 is 0 Å². The van der Waals surface area contributed by atoms with Gasteiger partial charge in [-0.05, 0) is 48.2 Å². The number of fused-ring (bicyclic) bond motifs is 3. The molecule has 1 fully saturated rings. The van der Waals surface area contributed by atoms with E-state index in [9.17, 15) is 5.11 Å². The van der Waals surface area contributed by atoms with Crippen molar-refractivity contribution in [1.29, 1.82) is 0 Å². The zero-order valence-corrected chi connectivity index (χ0v) is 13.6. The first-order chi connectivity index (χ1) is 9.83. The van der Waals surface area contributed by atoms with Crippen LogP contribution in [0.3, 0.4) is 0 Å². The van der Waals surface area contributed by atoms with Crippen molar-refractivity contribution >= 4 is 17.0 Å². The Labute approximate surface area is 136 Å². The molecule has 1 N–H and O–H groups in total. The first kappa shape index (κ1) is 14.6. The van der Waals surface area contributed by atoms with Crippen molar-refractivity contribution < 1.29 is 5.11 Å². The first-order valence-electron chi connectivity index (χ1n) is 7.45. The second-order valence-corrected chi connectivity index (χ2v) is 5.93. The van der Waals surface area contributed by atoms with Crippen LogP contribution in [0.15, 0.2) is 48.5 Å². The third-order valence-corrected chi connectivity index (χ3v) is 4.81. The maximum Gasteiger partial charge on any atom is 0.115 e. The molecule has 0 saturated carbocycles. The second-order valence-electron chi connectivity index (χ2n) is 5.93. The quantitative estimate of drug-likeness (QED) is 0.834. The zero-order valence-electron chi connectivity index (χ0n) is 11.9. The summed E-state index contributed by atoms with van der Waals surface area (Å²) >= 11 is 0. The monoisotopic (exact) mass is 345 g/mol. The van der Waals surface area contributed by atoms with Crippen molar-refractivity contribution in [3.63, 3.8) is 0 Å².